The highest BCUT2D eigenvalue weighted by Crippen LogP contribution is 2.34. The molecular formula is C18H26N4O3. The lowest BCUT2D eigenvalue weighted by atomic mass is 9.87. The summed E-state index contributed by atoms with van der Waals surface area (Å²) in [6.07, 6.45) is 4.22. The summed E-state index contributed by atoms with van der Waals surface area (Å²) >= 11 is 0. The number of amides is 2. The van der Waals surface area contributed by atoms with Gasteiger partial charge >= 0.3 is 6.09 Å². The van der Waals surface area contributed by atoms with Gasteiger partial charge in [0.05, 0.1) is 6.54 Å². The smallest absolute Gasteiger partial charge is 0.410 e. The summed E-state index contributed by atoms with van der Waals surface area (Å²) in [6, 6.07) is 0. The number of H-pyrrole nitrogens is 1. The summed E-state index contributed by atoms with van der Waals surface area (Å²) in [5.74, 6) is 0.609. The second-order valence-corrected chi connectivity index (χ2v) is 7.73. The largest absolute Gasteiger partial charge is 0.441 e. The minimum absolute atomic E-state index is 0.0121. The second-order valence-electron chi connectivity index (χ2n) is 7.73. The van der Waals surface area contributed by atoms with Crippen molar-refractivity contribution in [2.24, 2.45) is 5.92 Å². The maximum absolute atomic E-state index is 13.0. The Balaban J connectivity index is 1.44. The van der Waals surface area contributed by atoms with Crippen LogP contribution < -0.4 is 0 Å². The van der Waals surface area contributed by atoms with Crippen molar-refractivity contribution in [2.75, 3.05) is 26.2 Å². The van der Waals surface area contributed by atoms with Crippen LogP contribution in [0.1, 0.15) is 54.9 Å². The van der Waals surface area contributed by atoms with Gasteiger partial charge in [0.1, 0.15) is 5.60 Å². The number of ether oxygens (including phenoxy) is 1. The highest BCUT2D eigenvalue weighted by Gasteiger charge is 2.47. The van der Waals surface area contributed by atoms with E-state index in [1.807, 2.05) is 11.8 Å². The average Bonchev–Trinajstić information content (AvgIpc) is 3.15. The lowest BCUT2D eigenvalue weighted by Crippen LogP contribution is -2.49. The van der Waals surface area contributed by atoms with Crippen LogP contribution in [-0.2, 0) is 17.6 Å². The Labute approximate surface area is 147 Å². The van der Waals surface area contributed by atoms with Gasteiger partial charge in [0, 0.05) is 43.7 Å². The Hall–Kier alpha value is -2.05. The van der Waals surface area contributed by atoms with Crippen molar-refractivity contribution in [2.45, 2.75) is 51.6 Å². The van der Waals surface area contributed by atoms with Gasteiger partial charge in [-0.2, -0.15) is 5.10 Å². The molecule has 3 aliphatic rings. The maximum atomic E-state index is 13.0. The van der Waals surface area contributed by atoms with Gasteiger partial charge in [0.25, 0.3) is 5.91 Å². The zero-order chi connectivity index (χ0) is 17.6. The van der Waals surface area contributed by atoms with Gasteiger partial charge in [0.15, 0.2) is 5.69 Å². The molecule has 1 aromatic heterocycles. The van der Waals surface area contributed by atoms with Gasteiger partial charge in [-0.1, -0.05) is 6.92 Å². The van der Waals surface area contributed by atoms with Crippen LogP contribution in [0, 0.1) is 5.92 Å². The molecule has 25 heavy (non-hydrogen) atoms. The molecule has 0 aromatic carbocycles. The number of fused-ring (bicyclic) bond motifs is 1. The number of hydrogen-bond donors (Lipinski definition) is 1. The van der Waals surface area contributed by atoms with E-state index in [2.05, 4.69) is 17.1 Å². The summed E-state index contributed by atoms with van der Waals surface area (Å²) < 4.78 is 5.64. The molecule has 1 aromatic rings. The third-order valence-corrected chi connectivity index (χ3v) is 5.98. The number of rotatable bonds is 2. The Morgan fingerprint density at radius 3 is 2.84 bits per heavy atom. The van der Waals surface area contributed by atoms with E-state index in [9.17, 15) is 9.59 Å². The Morgan fingerprint density at radius 1 is 1.40 bits per heavy atom. The molecule has 0 unspecified atom stereocenters. The van der Waals surface area contributed by atoms with Crippen LogP contribution in [0.2, 0.25) is 0 Å². The van der Waals surface area contributed by atoms with E-state index in [0.717, 1.165) is 30.5 Å². The van der Waals surface area contributed by atoms with E-state index in [0.29, 0.717) is 50.6 Å². The van der Waals surface area contributed by atoms with Crippen LogP contribution in [0.15, 0.2) is 0 Å². The molecule has 1 spiro atoms. The van der Waals surface area contributed by atoms with Crippen molar-refractivity contribution >= 4 is 12.0 Å². The number of aromatic nitrogens is 2. The second kappa shape index (κ2) is 6.04. The summed E-state index contributed by atoms with van der Waals surface area (Å²) in [5, 5.41) is 7.39. The molecule has 0 radical (unpaired) electrons. The van der Waals surface area contributed by atoms with Crippen LogP contribution in [-0.4, -0.2) is 63.8 Å². The van der Waals surface area contributed by atoms with Crippen LogP contribution in [0.25, 0.3) is 0 Å². The van der Waals surface area contributed by atoms with Crippen molar-refractivity contribution in [1.29, 1.82) is 0 Å². The summed E-state index contributed by atoms with van der Waals surface area (Å²) in [5.41, 5.74) is 2.41. The van der Waals surface area contributed by atoms with Gasteiger partial charge in [-0.15, -0.1) is 0 Å². The van der Waals surface area contributed by atoms with E-state index >= 15 is 0 Å². The number of piperidine rings is 1. The van der Waals surface area contributed by atoms with E-state index in [1.54, 1.807) is 4.90 Å². The van der Waals surface area contributed by atoms with Crippen LogP contribution in [0.5, 0.6) is 0 Å². The first-order chi connectivity index (χ1) is 12.0. The van der Waals surface area contributed by atoms with E-state index in [4.69, 9.17) is 4.74 Å². The first-order valence-electron chi connectivity index (χ1n) is 9.34. The van der Waals surface area contributed by atoms with E-state index in [1.165, 1.54) is 0 Å². The summed E-state index contributed by atoms with van der Waals surface area (Å²) in [6.45, 7) is 6.71. The monoisotopic (exact) mass is 346 g/mol. The number of nitrogens with one attached hydrogen (secondary N) is 1. The lowest BCUT2D eigenvalue weighted by molar-refractivity contribution is 0.00294. The number of carbonyl (C=O) groups is 2. The molecule has 7 nitrogen and oxygen atoms in total. The molecule has 0 saturated carbocycles. The van der Waals surface area contributed by atoms with Crippen molar-refractivity contribution < 1.29 is 14.3 Å². The molecule has 136 valence electrons. The zero-order valence-corrected chi connectivity index (χ0v) is 15.0. The summed E-state index contributed by atoms with van der Waals surface area (Å²) in [7, 11) is 0. The summed E-state index contributed by atoms with van der Waals surface area (Å²) in [4.78, 5) is 28.4. The van der Waals surface area contributed by atoms with Crippen molar-refractivity contribution in [3.05, 3.63) is 17.0 Å². The zero-order valence-electron chi connectivity index (χ0n) is 15.0. The fraction of sp³-hybridized carbons (Fsp3) is 0.722. The van der Waals surface area contributed by atoms with Gasteiger partial charge in [-0.25, -0.2) is 4.79 Å². The molecule has 2 amide bonds. The molecular weight excluding hydrogens is 320 g/mol. The highest BCUT2D eigenvalue weighted by atomic mass is 16.6. The first-order valence-corrected chi connectivity index (χ1v) is 9.34. The third-order valence-electron chi connectivity index (χ3n) is 5.98. The van der Waals surface area contributed by atoms with Crippen LogP contribution in [0.4, 0.5) is 4.79 Å². The molecule has 2 saturated heterocycles. The number of likely N-dealkylation sites (tertiary alicyclic amines) is 1. The Bertz CT molecular complexity index is 690. The molecule has 1 aliphatic carbocycles. The van der Waals surface area contributed by atoms with Gasteiger partial charge < -0.3 is 14.5 Å². The molecule has 2 fully saturated rings. The molecule has 1 N–H and O–H groups in total. The predicted molar refractivity (Wildman–Crippen MR) is 91.4 cm³/mol. The number of nitrogens with zero attached hydrogens (tertiary/aromatic N) is 3. The quantitative estimate of drug-likeness (QED) is 0.888. The molecule has 1 atom stereocenters. The number of aryl methyl sites for hydroxylation is 1. The molecule has 4 rings (SSSR count). The Morgan fingerprint density at radius 2 is 2.16 bits per heavy atom. The number of aromatic amines is 1. The fourth-order valence-corrected chi connectivity index (χ4v) is 4.31. The molecule has 7 heteroatoms. The predicted octanol–water partition coefficient (Wildman–Crippen LogP) is 1.98. The van der Waals surface area contributed by atoms with E-state index in [-0.39, 0.29) is 12.0 Å². The van der Waals surface area contributed by atoms with Crippen molar-refractivity contribution in [3.8, 4) is 0 Å². The SMILES string of the molecule is CCN1CC2(CCN(C(=O)c3n[nH]c4c3C[C@@H](C)CC4)CC2)OC1=O. The number of hydrogen-bond acceptors (Lipinski definition) is 4. The molecule has 2 aliphatic heterocycles. The normalized spacial score (nSPS) is 25.2. The molecule has 0 bridgehead atoms. The van der Waals surface area contributed by atoms with Gasteiger partial charge in [-0.05, 0) is 32.1 Å². The lowest BCUT2D eigenvalue weighted by Gasteiger charge is -2.37. The minimum Gasteiger partial charge on any atom is -0.441 e. The van der Waals surface area contributed by atoms with Crippen LogP contribution >= 0.6 is 0 Å². The molecule has 3 heterocycles. The third kappa shape index (κ3) is 2.79. The van der Waals surface area contributed by atoms with Gasteiger partial charge in [-0.3, -0.25) is 9.89 Å². The standard InChI is InChI=1S/C18H26N4O3/c1-3-21-11-18(25-17(21)24)6-8-22(9-7-18)16(23)15-13-10-12(2)4-5-14(13)19-20-15/h12H,3-11H2,1-2H3,(H,19,20)/t12-/m0/s1. The van der Waals surface area contributed by atoms with Crippen molar-refractivity contribution in [1.82, 2.24) is 20.0 Å². The van der Waals surface area contributed by atoms with Crippen LogP contribution in [0.3, 0.4) is 0 Å². The average molecular weight is 346 g/mol. The highest BCUT2D eigenvalue weighted by molar-refractivity contribution is 5.94. The Kier molecular flexibility index (Phi) is 3.96. The minimum atomic E-state index is -0.413. The first kappa shape index (κ1) is 16.4. The number of carbonyl (C=O) groups excluding carboxylic acids is 2. The van der Waals surface area contributed by atoms with E-state index < -0.39 is 5.60 Å². The van der Waals surface area contributed by atoms with Gasteiger partial charge in [0.2, 0.25) is 0 Å². The maximum Gasteiger partial charge on any atom is 0.410 e. The fourth-order valence-electron chi connectivity index (χ4n) is 4.31. The topological polar surface area (TPSA) is 78.5 Å². The number of likely N-dealkylation sites (N-methyl/N-ethyl adjacent to an activating group) is 1. The van der Waals surface area contributed by atoms with Crippen molar-refractivity contribution in [3.63, 3.8) is 0 Å².